The van der Waals surface area contributed by atoms with E-state index in [2.05, 4.69) is 31.8 Å². The molecule has 182 valence electrons. The molecule has 0 heterocycles. The third kappa shape index (κ3) is 7.84. The Morgan fingerprint density at radius 1 is 0.971 bits per heavy atom. The Balaban J connectivity index is 1.76. The van der Waals surface area contributed by atoms with Gasteiger partial charge in [0, 0.05) is 29.2 Å². The molecule has 3 aromatic rings. The van der Waals surface area contributed by atoms with Crippen molar-refractivity contribution < 1.29 is 18.0 Å². The minimum absolute atomic E-state index is 0.0178. The Bertz CT molecular complexity index is 1300. The number of rotatable bonds is 10. The standard InChI is InChI=1S/C25H25BrN4O4S/c1-19(31)28-22-11-13-23(14-12-22)35(33,34)30(16-15-20-7-3-2-4-8-20)18-25(32)29-27-17-21-9-5-6-10-24(21)26/h2-14,17H,15-16,18H2,1H3,(H,28,31)(H,29,32)/b27-17-. The number of benzene rings is 3. The monoisotopic (exact) mass is 556 g/mol. The van der Waals surface area contributed by atoms with Crippen molar-refractivity contribution in [2.24, 2.45) is 5.10 Å². The second kappa shape index (κ2) is 12.4. The van der Waals surface area contributed by atoms with E-state index in [0.717, 1.165) is 19.9 Å². The summed E-state index contributed by atoms with van der Waals surface area (Å²) in [6.07, 6.45) is 1.91. The fraction of sp³-hybridized carbons (Fsp3) is 0.160. The van der Waals surface area contributed by atoms with Gasteiger partial charge >= 0.3 is 0 Å². The molecule has 2 N–H and O–H groups in total. The lowest BCUT2D eigenvalue weighted by molar-refractivity contribution is -0.121. The predicted molar refractivity (Wildman–Crippen MR) is 140 cm³/mol. The van der Waals surface area contributed by atoms with Gasteiger partial charge in [0.25, 0.3) is 5.91 Å². The summed E-state index contributed by atoms with van der Waals surface area (Å²) in [6, 6.07) is 22.6. The van der Waals surface area contributed by atoms with Gasteiger partial charge in [-0.1, -0.05) is 64.5 Å². The van der Waals surface area contributed by atoms with Gasteiger partial charge in [0.05, 0.1) is 17.7 Å². The first kappa shape index (κ1) is 26.3. The van der Waals surface area contributed by atoms with E-state index in [1.165, 1.54) is 37.4 Å². The van der Waals surface area contributed by atoms with E-state index in [0.29, 0.717) is 12.1 Å². The number of nitrogens with one attached hydrogen (secondary N) is 2. The molecule has 0 atom stereocenters. The summed E-state index contributed by atoms with van der Waals surface area (Å²) in [5, 5.41) is 6.55. The average molecular weight is 557 g/mol. The second-order valence-electron chi connectivity index (χ2n) is 7.59. The van der Waals surface area contributed by atoms with Crippen molar-refractivity contribution >= 4 is 49.7 Å². The number of halogens is 1. The number of amides is 2. The van der Waals surface area contributed by atoms with E-state index >= 15 is 0 Å². The lowest BCUT2D eigenvalue weighted by Crippen LogP contribution is -2.40. The molecule has 2 amide bonds. The first-order chi connectivity index (χ1) is 16.8. The molecule has 0 aliphatic rings. The molecule has 10 heteroatoms. The van der Waals surface area contributed by atoms with Crippen LogP contribution < -0.4 is 10.7 Å². The molecule has 8 nitrogen and oxygen atoms in total. The van der Waals surface area contributed by atoms with Crippen molar-refractivity contribution in [1.29, 1.82) is 0 Å². The number of hydrazone groups is 1. The van der Waals surface area contributed by atoms with Gasteiger partial charge in [-0.15, -0.1) is 0 Å². The maximum atomic E-state index is 13.4. The minimum Gasteiger partial charge on any atom is -0.326 e. The molecule has 0 bridgehead atoms. The van der Waals surface area contributed by atoms with E-state index in [4.69, 9.17) is 0 Å². The van der Waals surface area contributed by atoms with E-state index in [1.54, 1.807) is 0 Å². The topological polar surface area (TPSA) is 108 Å². The van der Waals surface area contributed by atoms with E-state index in [1.807, 2.05) is 54.6 Å². The van der Waals surface area contributed by atoms with Gasteiger partial charge in [-0.25, -0.2) is 13.8 Å². The van der Waals surface area contributed by atoms with Crippen molar-refractivity contribution in [3.63, 3.8) is 0 Å². The predicted octanol–water partition coefficient (Wildman–Crippen LogP) is 3.79. The van der Waals surface area contributed by atoms with Crippen molar-refractivity contribution in [2.45, 2.75) is 18.2 Å². The summed E-state index contributed by atoms with van der Waals surface area (Å²) in [6.45, 7) is 1.06. The van der Waals surface area contributed by atoms with Crippen LogP contribution in [0, 0.1) is 0 Å². The third-order valence-corrected chi connectivity index (χ3v) is 7.50. The normalized spacial score (nSPS) is 11.5. The van der Waals surface area contributed by atoms with Gasteiger partial charge in [-0.3, -0.25) is 9.59 Å². The summed E-state index contributed by atoms with van der Waals surface area (Å²) in [7, 11) is -4.00. The fourth-order valence-corrected chi connectivity index (χ4v) is 4.98. The van der Waals surface area contributed by atoms with E-state index in [9.17, 15) is 18.0 Å². The van der Waals surface area contributed by atoms with Crippen LogP contribution in [0.4, 0.5) is 5.69 Å². The quantitative estimate of drug-likeness (QED) is 0.292. The van der Waals surface area contributed by atoms with Gasteiger partial charge < -0.3 is 5.32 Å². The van der Waals surface area contributed by atoms with Gasteiger partial charge in [-0.2, -0.15) is 9.41 Å². The molecule has 3 aromatic carbocycles. The summed E-state index contributed by atoms with van der Waals surface area (Å²) < 4.78 is 28.7. The van der Waals surface area contributed by atoms with E-state index < -0.39 is 22.5 Å². The van der Waals surface area contributed by atoms with Crippen LogP contribution in [-0.2, 0) is 26.0 Å². The van der Waals surface area contributed by atoms with Crippen LogP contribution in [0.5, 0.6) is 0 Å². The highest BCUT2D eigenvalue weighted by Gasteiger charge is 2.26. The Morgan fingerprint density at radius 3 is 2.29 bits per heavy atom. The lowest BCUT2D eigenvalue weighted by atomic mass is 10.1. The molecule has 35 heavy (non-hydrogen) atoms. The summed E-state index contributed by atoms with van der Waals surface area (Å²) in [5.41, 5.74) is 4.59. The Morgan fingerprint density at radius 2 is 1.63 bits per heavy atom. The molecule has 0 aliphatic carbocycles. The van der Waals surface area contributed by atoms with Gasteiger partial charge in [-0.05, 0) is 42.3 Å². The van der Waals surface area contributed by atoms with Crippen LogP contribution in [0.2, 0.25) is 0 Å². The number of carbonyl (C=O) groups excluding carboxylic acids is 2. The first-order valence-corrected chi connectivity index (χ1v) is 13.0. The molecular formula is C25H25BrN4O4S. The van der Waals surface area contributed by atoms with Gasteiger partial charge in [0.1, 0.15) is 0 Å². The lowest BCUT2D eigenvalue weighted by Gasteiger charge is -2.21. The number of anilines is 1. The highest BCUT2D eigenvalue weighted by molar-refractivity contribution is 9.10. The second-order valence-corrected chi connectivity index (χ2v) is 10.4. The molecule has 0 spiro atoms. The maximum absolute atomic E-state index is 13.4. The SMILES string of the molecule is CC(=O)Nc1ccc(S(=O)(=O)N(CCc2ccccc2)CC(=O)N/N=C\c2ccccc2Br)cc1. The summed E-state index contributed by atoms with van der Waals surface area (Å²) >= 11 is 3.40. The summed E-state index contributed by atoms with van der Waals surface area (Å²) in [4.78, 5) is 23.9. The zero-order valence-corrected chi connectivity index (χ0v) is 21.4. The van der Waals surface area contributed by atoms with Crippen LogP contribution in [0.25, 0.3) is 0 Å². The molecule has 3 rings (SSSR count). The van der Waals surface area contributed by atoms with Crippen LogP contribution in [0.15, 0.2) is 93.3 Å². The molecule has 0 saturated heterocycles. The zero-order valence-electron chi connectivity index (χ0n) is 19.0. The molecule has 0 aromatic heterocycles. The first-order valence-electron chi connectivity index (χ1n) is 10.7. The maximum Gasteiger partial charge on any atom is 0.255 e. The molecule has 0 saturated carbocycles. The van der Waals surface area contributed by atoms with Gasteiger partial charge in [0.2, 0.25) is 15.9 Å². The Hall–Kier alpha value is -3.34. The van der Waals surface area contributed by atoms with Crippen molar-refractivity contribution in [3.05, 3.63) is 94.5 Å². The molecule has 0 fully saturated rings. The Kier molecular flexibility index (Phi) is 9.30. The van der Waals surface area contributed by atoms with Crippen molar-refractivity contribution in [3.8, 4) is 0 Å². The van der Waals surface area contributed by atoms with Crippen LogP contribution in [0.3, 0.4) is 0 Å². The molecule has 0 radical (unpaired) electrons. The highest BCUT2D eigenvalue weighted by Crippen LogP contribution is 2.19. The van der Waals surface area contributed by atoms with E-state index in [-0.39, 0.29) is 17.3 Å². The van der Waals surface area contributed by atoms with Crippen LogP contribution in [0.1, 0.15) is 18.1 Å². The zero-order chi connectivity index (χ0) is 25.3. The van der Waals surface area contributed by atoms with Crippen LogP contribution >= 0.6 is 15.9 Å². The molecule has 0 unspecified atom stereocenters. The largest absolute Gasteiger partial charge is 0.326 e. The number of carbonyl (C=O) groups is 2. The molecule has 0 aliphatic heterocycles. The van der Waals surface area contributed by atoms with Crippen molar-refractivity contribution in [2.75, 3.05) is 18.4 Å². The Labute approximate surface area is 213 Å². The highest BCUT2D eigenvalue weighted by atomic mass is 79.9. The smallest absolute Gasteiger partial charge is 0.255 e. The number of hydrogen-bond donors (Lipinski definition) is 2. The average Bonchev–Trinajstić information content (AvgIpc) is 2.83. The van der Waals surface area contributed by atoms with Gasteiger partial charge in [0.15, 0.2) is 0 Å². The number of sulfonamides is 1. The summed E-state index contributed by atoms with van der Waals surface area (Å²) in [5.74, 6) is -0.829. The fourth-order valence-electron chi connectivity index (χ4n) is 3.19. The number of nitrogens with zero attached hydrogens (tertiary/aromatic N) is 2. The minimum atomic E-state index is -4.00. The van der Waals surface area contributed by atoms with Crippen molar-refractivity contribution in [1.82, 2.24) is 9.73 Å². The van der Waals surface area contributed by atoms with Crippen LogP contribution in [-0.4, -0.2) is 43.8 Å². The third-order valence-electron chi connectivity index (χ3n) is 4.92. The molecular weight excluding hydrogens is 532 g/mol. The number of hydrogen-bond acceptors (Lipinski definition) is 5.